The molecule has 0 aliphatic heterocycles. The van der Waals surface area contributed by atoms with Crippen molar-refractivity contribution in [3.63, 3.8) is 0 Å². The van der Waals surface area contributed by atoms with Gasteiger partial charge in [-0.3, -0.25) is 4.99 Å². The molecule has 0 radical (unpaired) electrons. The maximum Gasteiger partial charge on any atom is 0.573 e. The summed E-state index contributed by atoms with van der Waals surface area (Å²) < 4.78 is 39.9. The van der Waals surface area contributed by atoms with Gasteiger partial charge in [-0.25, -0.2) is 4.98 Å². The van der Waals surface area contributed by atoms with Crippen molar-refractivity contribution in [1.29, 1.82) is 0 Å². The van der Waals surface area contributed by atoms with E-state index in [0.717, 1.165) is 9.88 Å². The molecule has 0 bridgehead atoms. The molecule has 2 rings (SSSR count). The summed E-state index contributed by atoms with van der Waals surface area (Å²) in [7, 11) is 0. The SMILES string of the molecule is Cc1cnc(CCN=C(N)Nc2ccc(OC(F)(F)F)cc2)s1. The van der Waals surface area contributed by atoms with Crippen LogP contribution in [0.25, 0.3) is 0 Å². The van der Waals surface area contributed by atoms with Gasteiger partial charge < -0.3 is 15.8 Å². The van der Waals surface area contributed by atoms with Crippen molar-refractivity contribution >= 4 is 23.0 Å². The summed E-state index contributed by atoms with van der Waals surface area (Å²) >= 11 is 1.60. The highest BCUT2D eigenvalue weighted by Gasteiger charge is 2.30. The van der Waals surface area contributed by atoms with Crippen molar-refractivity contribution in [2.24, 2.45) is 10.7 Å². The minimum absolute atomic E-state index is 0.183. The lowest BCUT2D eigenvalue weighted by Gasteiger charge is -2.10. The van der Waals surface area contributed by atoms with E-state index >= 15 is 0 Å². The van der Waals surface area contributed by atoms with Crippen LogP contribution in [0, 0.1) is 6.92 Å². The molecule has 0 spiro atoms. The standard InChI is InChI=1S/C14H15F3N4OS/c1-9-8-20-12(23-9)6-7-19-13(18)21-10-2-4-11(5-3-10)22-14(15,16)17/h2-5,8H,6-7H2,1H3,(H3,18,19,21). The van der Waals surface area contributed by atoms with Crippen molar-refractivity contribution in [2.45, 2.75) is 19.7 Å². The van der Waals surface area contributed by atoms with E-state index in [0.29, 0.717) is 18.7 Å². The predicted octanol–water partition coefficient (Wildman–Crippen LogP) is 3.32. The van der Waals surface area contributed by atoms with Crippen molar-refractivity contribution < 1.29 is 17.9 Å². The Labute approximate surface area is 135 Å². The monoisotopic (exact) mass is 344 g/mol. The number of nitrogens with two attached hydrogens (primary N) is 1. The van der Waals surface area contributed by atoms with E-state index in [-0.39, 0.29) is 11.7 Å². The maximum atomic E-state index is 12.1. The number of halogens is 3. The van der Waals surface area contributed by atoms with Gasteiger partial charge >= 0.3 is 6.36 Å². The average molecular weight is 344 g/mol. The highest BCUT2D eigenvalue weighted by molar-refractivity contribution is 7.11. The summed E-state index contributed by atoms with van der Waals surface area (Å²) in [6.45, 7) is 2.45. The molecule has 0 saturated carbocycles. The van der Waals surface area contributed by atoms with E-state index < -0.39 is 6.36 Å². The number of ether oxygens (including phenoxy) is 1. The van der Waals surface area contributed by atoms with Gasteiger partial charge in [0.1, 0.15) is 5.75 Å². The van der Waals surface area contributed by atoms with Crippen LogP contribution in [0.2, 0.25) is 0 Å². The van der Waals surface area contributed by atoms with Gasteiger partial charge in [0.25, 0.3) is 0 Å². The summed E-state index contributed by atoms with van der Waals surface area (Å²) in [6.07, 6.45) is -2.22. The van der Waals surface area contributed by atoms with Gasteiger partial charge in [0.05, 0.1) is 5.01 Å². The summed E-state index contributed by atoms with van der Waals surface area (Å²) in [5, 5.41) is 3.78. The largest absolute Gasteiger partial charge is 0.573 e. The fraction of sp³-hybridized carbons (Fsp3) is 0.286. The molecule has 5 nitrogen and oxygen atoms in total. The Balaban J connectivity index is 1.84. The smallest absolute Gasteiger partial charge is 0.406 e. The molecule has 0 unspecified atom stereocenters. The van der Waals surface area contributed by atoms with Crippen LogP contribution >= 0.6 is 11.3 Å². The van der Waals surface area contributed by atoms with Crippen LogP contribution < -0.4 is 15.8 Å². The summed E-state index contributed by atoms with van der Waals surface area (Å²) in [5.74, 6) is -0.111. The third-order valence-corrected chi connectivity index (χ3v) is 3.61. The van der Waals surface area contributed by atoms with Gasteiger partial charge in [-0.15, -0.1) is 24.5 Å². The highest BCUT2D eigenvalue weighted by Crippen LogP contribution is 2.23. The Morgan fingerprint density at radius 3 is 2.61 bits per heavy atom. The normalized spacial score (nSPS) is 12.3. The van der Waals surface area contributed by atoms with Gasteiger partial charge in [-0.05, 0) is 31.2 Å². The zero-order chi connectivity index (χ0) is 16.9. The zero-order valence-corrected chi connectivity index (χ0v) is 13.0. The number of nitrogens with zero attached hydrogens (tertiary/aromatic N) is 2. The first-order chi connectivity index (χ1) is 10.8. The highest BCUT2D eigenvalue weighted by atomic mass is 32.1. The van der Waals surface area contributed by atoms with Crippen molar-refractivity contribution in [1.82, 2.24) is 4.98 Å². The molecule has 9 heteroatoms. The molecule has 0 fully saturated rings. The van der Waals surface area contributed by atoms with Crippen LogP contribution in [0.1, 0.15) is 9.88 Å². The van der Waals surface area contributed by atoms with Crippen LogP contribution in [0.3, 0.4) is 0 Å². The molecule has 23 heavy (non-hydrogen) atoms. The third kappa shape index (κ3) is 6.15. The van der Waals surface area contributed by atoms with Crippen molar-refractivity contribution in [2.75, 3.05) is 11.9 Å². The van der Waals surface area contributed by atoms with Gasteiger partial charge in [0, 0.05) is 29.7 Å². The molecular weight excluding hydrogens is 329 g/mol. The maximum absolute atomic E-state index is 12.1. The van der Waals surface area contributed by atoms with E-state index in [1.54, 1.807) is 17.5 Å². The number of aryl methyl sites for hydroxylation is 1. The number of hydrogen-bond acceptors (Lipinski definition) is 4. The van der Waals surface area contributed by atoms with E-state index in [1.165, 1.54) is 24.3 Å². The van der Waals surface area contributed by atoms with Crippen LogP contribution in [-0.2, 0) is 6.42 Å². The van der Waals surface area contributed by atoms with Gasteiger partial charge in [-0.2, -0.15) is 0 Å². The zero-order valence-electron chi connectivity index (χ0n) is 12.2. The number of guanidine groups is 1. The molecule has 124 valence electrons. The number of thiazole rings is 1. The number of alkyl halides is 3. The molecule has 0 aliphatic rings. The fourth-order valence-corrected chi connectivity index (χ4v) is 2.49. The second-order valence-corrected chi connectivity index (χ2v) is 5.90. The molecule has 0 aliphatic carbocycles. The van der Waals surface area contributed by atoms with Crippen LogP contribution in [0.5, 0.6) is 5.75 Å². The van der Waals surface area contributed by atoms with Gasteiger partial charge in [0.15, 0.2) is 5.96 Å². The average Bonchev–Trinajstić information content (AvgIpc) is 2.85. The lowest BCUT2D eigenvalue weighted by Crippen LogP contribution is -2.23. The lowest BCUT2D eigenvalue weighted by atomic mass is 10.3. The number of rotatable bonds is 5. The van der Waals surface area contributed by atoms with Gasteiger partial charge in [0.2, 0.25) is 0 Å². The first-order valence-electron chi connectivity index (χ1n) is 6.66. The van der Waals surface area contributed by atoms with E-state index in [4.69, 9.17) is 5.73 Å². The molecule has 0 atom stereocenters. The number of aromatic nitrogens is 1. The summed E-state index contributed by atoms with van der Waals surface area (Å²) in [5.41, 5.74) is 6.24. The lowest BCUT2D eigenvalue weighted by molar-refractivity contribution is -0.274. The van der Waals surface area contributed by atoms with Crippen molar-refractivity contribution in [3.05, 3.63) is 40.3 Å². The van der Waals surface area contributed by atoms with Crippen molar-refractivity contribution in [3.8, 4) is 5.75 Å². The molecule has 0 amide bonds. The predicted molar refractivity (Wildman–Crippen MR) is 83.8 cm³/mol. The Morgan fingerprint density at radius 2 is 2.04 bits per heavy atom. The first-order valence-corrected chi connectivity index (χ1v) is 7.47. The Hall–Kier alpha value is -2.29. The molecule has 1 heterocycles. The molecule has 0 saturated heterocycles. The second kappa shape index (κ2) is 7.32. The minimum atomic E-state index is -4.70. The number of benzene rings is 1. The third-order valence-electron chi connectivity index (χ3n) is 2.64. The van der Waals surface area contributed by atoms with Gasteiger partial charge in [-0.1, -0.05) is 0 Å². The quantitative estimate of drug-likeness (QED) is 0.645. The van der Waals surface area contributed by atoms with E-state index in [2.05, 4.69) is 20.0 Å². The van der Waals surface area contributed by atoms with Crippen LogP contribution in [-0.4, -0.2) is 23.9 Å². The molecule has 2 aromatic rings. The molecule has 3 N–H and O–H groups in total. The topological polar surface area (TPSA) is 72.5 Å². The Kier molecular flexibility index (Phi) is 5.43. The number of hydrogen-bond donors (Lipinski definition) is 2. The number of nitrogens with one attached hydrogen (secondary N) is 1. The molecule has 1 aromatic heterocycles. The Morgan fingerprint density at radius 1 is 1.35 bits per heavy atom. The Bertz CT molecular complexity index is 667. The van der Waals surface area contributed by atoms with Crippen LogP contribution in [0.15, 0.2) is 35.5 Å². The second-order valence-electron chi connectivity index (χ2n) is 4.58. The first kappa shape index (κ1) is 17.1. The summed E-state index contributed by atoms with van der Waals surface area (Å²) in [4.78, 5) is 9.50. The van der Waals surface area contributed by atoms with E-state index in [9.17, 15) is 13.2 Å². The number of anilines is 1. The van der Waals surface area contributed by atoms with Crippen LogP contribution in [0.4, 0.5) is 18.9 Å². The molecular formula is C14H15F3N4OS. The fourth-order valence-electron chi connectivity index (χ4n) is 1.72. The summed E-state index contributed by atoms with van der Waals surface area (Å²) in [6, 6.07) is 5.24. The minimum Gasteiger partial charge on any atom is -0.406 e. The molecule has 1 aromatic carbocycles. The number of aliphatic imine (C=N–C) groups is 1. The van der Waals surface area contributed by atoms with E-state index in [1.807, 2.05) is 6.92 Å².